The molecule has 0 atom stereocenters. The first kappa shape index (κ1) is 11.9. The minimum absolute atomic E-state index is 0.105. The summed E-state index contributed by atoms with van der Waals surface area (Å²) in [6, 6.07) is 0.317. The molecule has 0 aromatic rings. The number of nitrogens with one attached hydrogen (secondary N) is 1. The van der Waals surface area contributed by atoms with Crippen molar-refractivity contribution in [2.75, 3.05) is 18.6 Å². The largest absolute Gasteiger partial charge is 0.468 e. The molecule has 14 heavy (non-hydrogen) atoms. The molecule has 1 rings (SSSR count). The quantitative estimate of drug-likeness (QED) is 0.726. The van der Waals surface area contributed by atoms with E-state index in [2.05, 4.69) is 19.2 Å². The number of ether oxygens (including phenoxy) is 1. The highest BCUT2D eigenvalue weighted by Crippen LogP contribution is 2.28. The van der Waals surface area contributed by atoms with Crippen molar-refractivity contribution in [3.63, 3.8) is 0 Å². The van der Waals surface area contributed by atoms with E-state index in [9.17, 15) is 4.79 Å². The summed E-state index contributed by atoms with van der Waals surface area (Å²) in [6.07, 6.45) is 1.76. The molecule has 0 spiro atoms. The molecule has 0 aromatic heterocycles. The molecule has 1 saturated heterocycles. The SMILES string of the molecule is COC(=O)C1(NC(C)C)CCSCC1. The van der Waals surface area contributed by atoms with Gasteiger partial charge in [0, 0.05) is 6.04 Å². The Hall–Kier alpha value is -0.220. The Labute approximate surface area is 90.0 Å². The van der Waals surface area contributed by atoms with Crippen LogP contribution in [0, 0.1) is 0 Å². The second-order valence-electron chi connectivity index (χ2n) is 3.99. The lowest BCUT2D eigenvalue weighted by atomic mass is 9.91. The number of carbonyl (C=O) groups is 1. The monoisotopic (exact) mass is 217 g/mol. The Bertz CT molecular complexity index is 200. The van der Waals surface area contributed by atoms with Gasteiger partial charge < -0.3 is 4.74 Å². The van der Waals surface area contributed by atoms with Gasteiger partial charge in [-0.25, -0.2) is 0 Å². The van der Waals surface area contributed by atoms with Gasteiger partial charge in [0.05, 0.1) is 7.11 Å². The topological polar surface area (TPSA) is 38.3 Å². The van der Waals surface area contributed by atoms with Crippen LogP contribution in [0.1, 0.15) is 26.7 Å². The van der Waals surface area contributed by atoms with Crippen LogP contribution in [0.4, 0.5) is 0 Å². The molecule has 82 valence electrons. The standard InChI is InChI=1S/C10H19NO2S/c1-8(2)11-10(9(12)13-3)4-6-14-7-5-10/h8,11H,4-7H2,1-3H3. The summed E-state index contributed by atoms with van der Waals surface area (Å²) >= 11 is 1.90. The predicted octanol–water partition coefficient (Wildman–Crippen LogP) is 1.42. The molecule has 3 nitrogen and oxygen atoms in total. The van der Waals surface area contributed by atoms with Crippen LogP contribution < -0.4 is 5.32 Å². The molecule has 0 amide bonds. The van der Waals surface area contributed by atoms with Crippen LogP contribution in [0.15, 0.2) is 0 Å². The van der Waals surface area contributed by atoms with Crippen LogP contribution in [0.3, 0.4) is 0 Å². The molecular weight excluding hydrogens is 198 g/mol. The Morgan fingerprint density at radius 1 is 1.43 bits per heavy atom. The van der Waals surface area contributed by atoms with Crippen molar-refractivity contribution in [2.24, 2.45) is 0 Å². The van der Waals surface area contributed by atoms with Crippen molar-refractivity contribution in [2.45, 2.75) is 38.3 Å². The third kappa shape index (κ3) is 2.64. The lowest BCUT2D eigenvalue weighted by molar-refractivity contribution is -0.149. The third-order valence-corrected chi connectivity index (χ3v) is 3.47. The normalized spacial score (nSPS) is 20.9. The predicted molar refractivity (Wildman–Crippen MR) is 59.6 cm³/mol. The van der Waals surface area contributed by atoms with E-state index in [4.69, 9.17) is 4.74 Å². The van der Waals surface area contributed by atoms with Crippen molar-refractivity contribution < 1.29 is 9.53 Å². The lowest BCUT2D eigenvalue weighted by Gasteiger charge is -2.36. The zero-order valence-electron chi connectivity index (χ0n) is 9.13. The number of hydrogen-bond donors (Lipinski definition) is 1. The van der Waals surface area contributed by atoms with Gasteiger partial charge in [-0.3, -0.25) is 10.1 Å². The van der Waals surface area contributed by atoms with E-state index >= 15 is 0 Å². The van der Waals surface area contributed by atoms with Crippen LogP contribution in [-0.2, 0) is 9.53 Å². The molecule has 0 radical (unpaired) electrons. The first-order valence-corrected chi connectivity index (χ1v) is 6.20. The molecule has 1 fully saturated rings. The van der Waals surface area contributed by atoms with Gasteiger partial charge in [0.25, 0.3) is 0 Å². The van der Waals surface area contributed by atoms with Crippen LogP contribution in [-0.4, -0.2) is 36.2 Å². The van der Waals surface area contributed by atoms with Gasteiger partial charge in [-0.15, -0.1) is 0 Å². The first-order valence-electron chi connectivity index (χ1n) is 5.04. The van der Waals surface area contributed by atoms with Crippen molar-refractivity contribution in [1.29, 1.82) is 0 Å². The summed E-state index contributed by atoms with van der Waals surface area (Å²) < 4.78 is 4.88. The second-order valence-corrected chi connectivity index (χ2v) is 5.21. The van der Waals surface area contributed by atoms with Crippen LogP contribution in [0.25, 0.3) is 0 Å². The van der Waals surface area contributed by atoms with Crippen LogP contribution >= 0.6 is 11.8 Å². The summed E-state index contributed by atoms with van der Waals surface area (Å²) in [6.45, 7) is 4.12. The Kier molecular flexibility index (Phi) is 4.26. The highest BCUT2D eigenvalue weighted by Gasteiger charge is 2.40. The van der Waals surface area contributed by atoms with Gasteiger partial charge in [0.1, 0.15) is 5.54 Å². The average Bonchev–Trinajstić information content (AvgIpc) is 2.17. The van der Waals surface area contributed by atoms with Crippen molar-refractivity contribution in [3.8, 4) is 0 Å². The van der Waals surface area contributed by atoms with E-state index in [0.717, 1.165) is 24.3 Å². The molecule has 1 aliphatic heterocycles. The fourth-order valence-electron chi connectivity index (χ4n) is 1.88. The molecule has 1 heterocycles. The zero-order chi connectivity index (χ0) is 10.6. The molecular formula is C10H19NO2S. The van der Waals surface area contributed by atoms with Crippen molar-refractivity contribution in [1.82, 2.24) is 5.32 Å². The Morgan fingerprint density at radius 2 is 2.00 bits per heavy atom. The van der Waals surface area contributed by atoms with Crippen molar-refractivity contribution in [3.05, 3.63) is 0 Å². The zero-order valence-corrected chi connectivity index (χ0v) is 9.95. The van der Waals surface area contributed by atoms with Crippen molar-refractivity contribution >= 4 is 17.7 Å². The maximum absolute atomic E-state index is 11.7. The minimum Gasteiger partial charge on any atom is -0.468 e. The molecule has 1 N–H and O–H groups in total. The maximum atomic E-state index is 11.7. The van der Waals surface area contributed by atoms with Gasteiger partial charge >= 0.3 is 5.97 Å². The number of rotatable bonds is 3. The summed E-state index contributed by atoms with van der Waals surface area (Å²) in [4.78, 5) is 11.7. The van der Waals surface area contributed by atoms with Gasteiger partial charge in [0.15, 0.2) is 0 Å². The first-order chi connectivity index (χ1) is 6.60. The van der Waals surface area contributed by atoms with E-state index < -0.39 is 5.54 Å². The minimum atomic E-state index is -0.422. The summed E-state index contributed by atoms with van der Waals surface area (Å²) in [5.74, 6) is 1.97. The molecule has 0 aliphatic carbocycles. The second kappa shape index (κ2) is 5.03. The molecule has 1 aliphatic rings. The Morgan fingerprint density at radius 3 is 2.43 bits per heavy atom. The molecule has 0 bridgehead atoms. The number of carbonyl (C=O) groups excluding carboxylic acids is 1. The molecule has 0 aromatic carbocycles. The Balaban J connectivity index is 2.71. The summed E-state index contributed by atoms with van der Waals surface area (Å²) in [5, 5.41) is 3.36. The molecule has 4 heteroatoms. The summed E-state index contributed by atoms with van der Waals surface area (Å²) in [7, 11) is 1.47. The smallest absolute Gasteiger partial charge is 0.326 e. The number of hydrogen-bond acceptors (Lipinski definition) is 4. The van der Waals surface area contributed by atoms with Gasteiger partial charge in [-0.2, -0.15) is 11.8 Å². The highest BCUT2D eigenvalue weighted by atomic mass is 32.2. The van der Waals surface area contributed by atoms with Gasteiger partial charge in [-0.1, -0.05) is 0 Å². The van der Waals surface area contributed by atoms with E-state index in [0.29, 0.717) is 6.04 Å². The highest BCUT2D eigenvalue weighted by molar-refractivity contribution is 7.99. The third-order valence-electron chi connectivity index (χ3n) is 2.49. The number of methoxy groups -OCH3 is 1. The van der Waals surface area contributed by atoms with E-state index in [1.165, 1.54) is 7.11 Å². The number of thioether (sulfide) groups is 1. The van der Waals surface area contributed by atoms with Gasteiger partial charge in [0.2, 0.25) is 0 Å². The van der Waals surface area contributed by atoms with Crippen LogP contribution in [0.5, 0.6) is 0 Å². The molecule has 0 saturated carbocycles. The van der Waals surface area contributed by atoms with E-state index in [1.807, 2.05) is 11.8 Å². The molecule has 0 unspecified atom stereocenters. The van der Waals surface area contributed by atoms with Gasteiger partial charge in [-0.05, 0) is 38.2 Å². The number of esters is 1. The van der Waals surface area contributed by atoms with E-state index in [-0.39, 0.29) is 5.97 Å². The fraction of sp³-hybridized carbons (Fsp3) is 0.900. The maximum Gasteiger partial charge on any atom is 0.326 e. The summed E-state index contributed by atoms with van der Waals surface area (Å²) in [5.41, 5.74) is -0.422. The van der Waals surface area contributed by atoms with E-state index in [1.54, 1.807) is 0 Å². The van der Waals surface area contributed by atoms with Crippen LogP contribution in [0.2, 0.25) is 0 Å². The average molecular weight is 217 g/mol. The fourth-order valence-corrected chi connectivity index (χ4v) is 3.06. The lowest BCUT2D eigenvalue weighted by Crippen LogP contribution is -2.57.